The summed E-state index contributed by atoms with van der Waals surface area (Å²) in [5.74, 6) is 0.360. The lowest BCUT2D eigenvalue weighted by Crippen LogP contribution is -2.01. The van der Waals surface area contributed by atoms with Crippen molar-refractivity contribution >= 4 is 33.9 Å². The molecule has 2 heterocycles. The molecule has 0 saturated heterocycles. The lowest BCUT2D eigenvalue weighted by molar-refractivity contribution is 0.0602. The van der Waals surface area contributed by atoms with E-state index >= 15 is 0 Å². The summed E-state index contributed by atoms with van der Waals surface area (Å²) in [7, 11) is 1.38. The molecule has 6 heteroatoms. The Kier molecular flexibility index (Phi) is 5.46. The van der Waals surface area contributed by atoms with Gasteiger partial charge in [0.05, 0.1) is 18.2 Å². The van der Waals surface area contributed by atoms with Gasteiger partial charge < -0.3 is 18.7 Å². The van der Waals surface area contributed by atoms with Gasteiger partial charge in [-0.1, -0.05) is 12.1 Å². The van der Waals surface area contributed by atoms with E-state index in [9.17, 15) is 9.59 Å². The number of furan rings is 2. The van der Waals surface area contributed by atoms with E-state index in [0.717, 1.165) is 33.6 Å². The second-order valence-electron chi connectivity index (χ2n) is 6.72. The van der Waals surface area contributed by atoms with Crippen LogP contribution >= 0.6 is 0 Å². The van der Waals surface area contributed by atoms with E-state index in [0.29, 0.717) is 22.1 Å². The summed E-state index contributed by atoms with van der Waals surface area (Å²) in [6.45, 7) is 7.53. The fraction of sp³-hybridized carbons (Fsp3) is 0.217. The quantitative estimate of drug-likeness (QED) is 0.446. The first kappa shape index (κ1) is 20.2. The van der Waals surface area contributed by atoms with Gasteiger partial charge in [-0.2, -0.15) is 0 Å². The summed E-state index contributed by atoms with van der Waals surface area (Å²) in [6, 6.07) is 10.4. The van der Waals surface area contributed by atoms with E-state index in [-0.39, 0.29) is 5.97 Å². The smallest absolute Gasteiger partial charge is 0.338 e. The fourth-order valence-electron chi connectivity index (χ4n) is 3.30. The van der Waals surface area contributed by atoms with Crippen LogP contribution in [0.25, 0.3) is 21.9 Å². The minimum atomic E-state index is -0.917. The highest BCUT2D eigenvalue weighted by Gasteiger charge is 2.16. The molecular formula is C23H22O6. The van der Waals surface area contributed by atoms with Crippen LogP contribution in [0, 0.1) is 27.7 Å². The predicted molar refractivity (Wildman–Crippen MR) is 110 cm³/mol. The van der Waals surface area contributed by atoms with Crippen molar-refractivity contribution in [3.63, 3.8) is 0 Å². The molecule has 6 nitrogen and oxygen atoms in total. The summed E-state index contributed by atoms with van der Waals surface area (Å²) in [5, 5.41) is 10.5. The van der Waals surface area contributed by atoms with Crippen molar-refractivity contribution in [1.29, 1.82) is 0 Å². The molecule has 0 saturated carbocycles. The Balaban J connectivity index is 0.000000166. The molecule has 150 valence electrons. The maximum Gasteiger partial charge on any atom is 0.338 e. The van der Waals surface area contributed by atoms with Gasteiger partial charge in [-0.05, 0) is 63.1 Å². The minimum Gasteiger partial charge on any atom is -0.478 e. The molecule has 0 spiro atoms. The number of carboxylic acids is 1. The van der Waals surface area contributed by atoms with Crippen molar-refractivity contribution in [3.8, 4) is 0 Å². The number of carbonyl (C=O) groups is 2. The van der Waals surface area contributed by atoms with E-state index in [2.05, 4.69) is 0 Å². The van der Waals surface area contributed by atoms with Crippen molar-refractivity contribution in [2.45, 2.75) is 27.7 Å². The first-order valence-corrected chi connectivity index (χ1v) is 9.05. The van der Waals surface area contributed by atoms with Gasteiger partial charge in [0.2, 0.25) is 0 Å². The fourth-order valence-corrected chi connectivity index (χ4v) is 3.30. The molecule has 0 unspecified atom stereocenters. The predicted octanol–water partition coefficient (Wildman–Crippen LogP) is 5.58. The molecule has 2 aromatic carbocycles. The number of aromatic carboxylic acids is 1. The van der Waals surface area contributed by atoms with Crippen molar-refractivity contribution in [2.24, 2.45) is 0 Å². The number of fused-ring (bicyclic) bond motifs is 2. The van der Waals surface area contributed by atoms with Crippen molar-refractivity contribution < 1.29 is 28.3 Å². The molecule has 4 rings (SSSR count). The molecule has 0 radical (unpaired) electrons. The zero-order valence-corrected chi connectivity index (χ0v) is 17.0. The van der Waals surface area contributed by atoms with Crippen LogP contribution in [0.15, 0.2) is 45.2 Å². The minimum absolute atomic E-state index is 0.303. The Morgan fingerprint density at radius 1 is 0.793 bits per heavy atom. The van der Waals surface area contributed by atoms with E-state index in [1.54, 1.807) is 30.3 Å². The Morgan fingerprint density at radius 3 is 1.69 bits per heavy atom. The third kappa shape index (κ3) is 3.61. The Morgan fingerprint density at radius 2 is 1.24 bits per heavy atom. The zero-order valence-electron chi connectivity index (χ0n) is 17.0. The van der Waals surface area contributed by atoms with Crippen LogP contribution in [0.3, 0.4) is 0 Å². The van der Waals surface area contributed by atoms with Gasteiger partial charge in [-0.15, -0.1) is 0 Å². The van der Waals surface area contributed by atoms with Crippen LogP contribution < -0.4 is 0 Å². The Hall–Kier alpha value is -3.54. The zero-order chi connectivity index (χ0) is 21.3. The number of esters is 1. The second kappa shape index (κ2) is 7.83. The summed E-state index contributed by atoms with van der Waals surface area (Å²) in [4.78, 5) is 22.5. The first-order valence-electron chi connectivity index (χ1n) is 9.05. The summed E-state index contributed by atoms with van der Waals surface area (Å²) >= 11 is 0. The highest BCUT2D eigenvalue weighted by atomic mass is 16.5. The highest BCUT2D eigenvalue weighted by Crippen LogP contribution is 2.29. The highest BCUT2D eigenvalue weighted by molar-refractivity contribution is 6.05. The SMILES string of the molecule is COC(=O)c1cccc2oc(C)c(C)c12.Cc1oc2cccc(C(=O)O)c2c1C. The lowest BCUT2D eigenvalue weighted by atomic mass is 10.1. The van der Waals surface area contributed by atoms with Crippen molar-refractivity contribution in [3.05, 3.63) is 70.2 Å². The van der Waals surface area contributed by atoms with Gasteiger partial charge in [0.1, 0.15) is 22.7 Å². The molecule has 0 aliphatic carbocycles. The summed E-state index contributed by atoms with van der Waals surface area (Å²) in [5.41, 5.74) is 4.12. The number of hydrogen-bond donors (Lipinski definition) is 1. The molecule has 0 bridgehead atoms. The molecule has 0 atom stereocenters. The topological polar surface area (TPSA) is 89.9 Å². The van der Waals surface area contributed by atoms with Crippen molar-refractivity contribution in [1.82, 2.24) is 0 Å². The van der Waals surface area contributed by atoms with Crippen LogP contribution in [0.2, 0.25) is 0 Å². The van der Waals surface area contributed by atoms with Crippen LogP contribution in [-0.2, 0) is 4.74 Å². The standard InChI is InChI=1S/C12H12O3.C11H10O3/c1-7-8(2)15-10-6-4-5-9(11(7)10)12(13)14-3;1-6-7(2)14-9-5-3-4-8(10(6)9)11(12)13/h4-6H,1-3H3;3-5H,1-2H3,(H,12,13). The van der Waals surface area contributed by atoms with Gasteiger partial charge in [0, 0.05) is 10.8 Å². The van der Waals surface area contributed by atoms with Gasteiger partial charge in [-0.3, -0.25) is 0 Å². The maximum atomic E-state index is 11.5. The number of carbonyl (C=O) groups excluding carboxylic acids is 1. The van der Waals surface area contributed by atoms with Crippen LogP contribution in [-0.4, -0.2) is 24.2 Å². The monoisotopic (exact) mass is 394 g/mol. The number of rotatable bonds is 2. The molecule has 0 aliphatic rings. The molecule has 1 N–H and O–H groups in total. The number of benzene rings is 2. The van der Waals surface area contributed by atoms with Gasteiger partial charge in [0.15, 0.2) is 0 Å². The summed E-state index contributed by atoms with van der Waals surface area (Å²) in [6.07, 6.45) is 0. The number of hydrogen-bond acceptors (Lipinski definition) is 5. The summed E-state index contributed by atoms with van der Waals surface area (Å²) < 4.78 is 15.7. The van der Waals surface area contributed by atoms with E-state index in [1.807, 2.05) is 33.8 Å². The average molecular weight is 394 g/mol. The molecule has 29 heavy (non-hydrogen) atoms. The Bertz CT molecular complexity index is 1230. The van der Waals surface area contributed by atoms with E-state index in [4.69, 9.17) is 18.7 Å². The molecule has 4 aromatic rings. The first-order chi connectivity index (χ1) is 13.8. The molecule has 0 aliphatic heterocycles. The van der Waals surface area contributed by atoms with Crippen LogP contribution in [0.5, 0.6) is 0 Å². The average Bonchev–Trinajstić information content (AvgIpc) is 3.17. The molecule has 2 aromatic heterocycles. The van der Waals surface area contributed by atoms with Crippen molar-refractivity contribution in [2.75, 3.05) is 7.11 Å². The number of ether oxygens (including phenoxy) is 1. The normalized spacial score (nSPS) is 10.7. The Labute approximate surface area is 167 Å². The third-order valence-electron chi connectivity index (χ3n) is 5.02. The van der Waals surface area contributed by atoms with E-state index in [1.165, 1.54) is 7.11 Å². The van der Waals surface area contributed by atoms with E-state index < -0.39 is 5.97 Å². The van der Waals surface area contributed by atoms with Gasteiger partial charge in [-0.25, -0.2) is 9.59 Å². The number of methoxy groups -OCH3 is 1. The molecule has 0 amide bonds. The van der Waals surface area contributed by atoms with Gasteiger partial charge >= 0.3 is 11.9 Å². The third-order valence-corrected chi connectivity index (χ3v) is 5.02. The second-order valence-corrected chi connectivity index (χ2v) is 6.72. The number of carboxylic acid groups (broad SMARTS) is 1. The molecular weight excluding hydrogens is 372 g/mol. The van der Waals surface area contributed by atoms with Crippen LogP contribution in [0.4, 0.5) is 0 Å². The van der Waals surface area contributed by atoms with Crippen LogP contribution in [0.1, 0.15) is 43.4 Å². The largest absolute Gasteiger partial charge is 0.478 e. The maximum absolute atomic E-state index is 11.5. The van der Waals surface area contributed by atoms with Gasteiger partial charge in [0.25, 0.3) is 0 Å². The number of aryl methyl sites for hydroxylation is 4. The lowest BCUT2D eigenvalue weighted by Gasteiger charge is -2.00. The molecule has 0 fully saturated rings.